The fourth-order valence-electron chi connectivity index (χ4n) is 3.56. The topological polar surface area (TPSA) is 53.7 Å². The van der Waals surface area contributed by atoms with Crippen LogP contribution in [-0.4, -0.2) is 46.8 Å². The Morgan fingerprint density at radius 2 is 2.18 bits per heavy atom. The van der Waals surface area contributed by atoms with E-state index in [9.17, 15) is 4.79 Å². The third-order valence-corrected chi connectivity index (χ3v) is 5.15. The number of nitrogens with zero attached hydrogens (tertiary/aromatic N) is 5. The summed E-state index contributed by atoms with van der Waals surface area (Å²) in [6.07, 6.45) is 11.1. The third kappa shape index (κ3) is 5.44. The molecule has 1 saturated heterocycles. The Labute approximate surface area is 168 Å². The predicted octanol–water partition coefficient (Wildman–Crippen LogP) is 3.47. The van der Waals surface area contributed by atoms with Crippen molar-refractivity contribution in [3.63, 3.8) is 0 Å². The van der Waals surface area contributed by atoms with E-state index in [1.165, 1.54) is 5.70 Å². The summed E-state index contributed by atoms with van der Waals surface area (Å²) in [6.45, 7) is 14.3. The molecule has 0 N–H and O–H groups in total. The first-order chi connectivity index (χ1) is 13.5. The van der Waals surface area contributed by atoms with Crippen molar-refractivity contribution in [1.82, 2.24) is 14.5 Å². The second-order valence-corrected chi connectivity index (χ2v) is 6.97. The summed E-state index contributed by atoms with van der Waals surface area (Å²) < 4.78 is 1.63. The molecule has 2 heterocycles. The van der Waals surface area contributed by atoms with Gasteiger partial charge in [-0.25, -0.2) is 4.98 Å². The molecule has 0 radical (unpaired) electrons. The summed E-state index contributed by atoms with van der Waals surface area (Å²) in [5, 5.41) is 0. The molecule has 0 aliphatic carbocycles. The van der Waals surface area contributed by atoms with E-state index < -0.39 is 0 Å². The van der Waals surface area contributed by atoms with Gasteiger partial charge in [0.15, 0.2) is 0 Å². The van der Waals surface area contributed by atoms with Gasteiger partial charge in [-0.3, -0.25) is 14.4 Å². The third-order valence-electron chi connectivity index (χ3n) is 5.15. The van der Waals surface area contributed by atoms with Gasteiger partial charge in [-0.15, -0.1) is 0 Å². The Bertz CT molecular complexity index is 802. The van der Waals surface area contributed by atoms with Crippen molar-refractivity contribution in [1.29, 1.82) is 0 Å². The fraction of sp³-hybridized carbons (Fsp3) is 0.500. The molecule has 1 unspecified atom stereocenters. The molecule has 1 atom stereocenters. The zero-order chi connectivity index (χ0) is 20.5. The first-order valence-corrected chi connectivity index (χ1v) is 10.1. The monoisotopic (exact) mass is 383 g/mol. The molecular formula is C22H33N5O. The lowest BCUT2D eigenvalue weighted by Crippen LogP contribution is -2.42. The molecule has 2 rings (SSSR count). The number of allylic oxidation sites excluding steroid dienone is 2. The van der Waals surface area contributed by atoms with E-state index in [4.69, 9.17) is 4.98 Å². The Morgan fingerprint density at radius 1 is 1.43 bits per heavy atom. The second kappa shape index (κ2) is 10.6. The molecule has 6 nitrogen and oxygen atoms in total. The van der Waals surface area contributed by atoms with Crippen molar-refractivity contribution < 1.29 is 0 Å². The Hall–Kier alpha value is -2.63. The van der Waals surface area contributed by atoms with Crippen LogP contribution in [0.5, 0.6) is 0 Å². The summed E-state index contributed by atoms with van der Waals surface area (Å²) in [6, 6.07) is 1.56. The van der Waals surface area contributed by atoms with Gasteiger partial charge in [0.05, 0.1) is 5.69 Å². The standard InChI is InChI=1S/C22H33N5O/c1-6-13-23-14-9-12-20-16-21(28)25(5)22(24-20)27-15-10-11-19(17-27)18(4)26(7-2)8-3/h6,9,12-14,16,19H,4,7-8,10-11,15,17H2,1-3,5H3/b12-9+,13-6-,23-14+. The highest BCUT2D eigenvalue weighted by atomic mass is 16.1. The van der Waals surface area contributed by atoms with Gasteiger partial charge in [-0.05, 0) is 45.8 Å². The highest BCUT2D eigenvalue weighted by Crippen LogP contribution is 2.27. The Morgan fingerprint density at radius 3 is 2.86 bits per heavy atom. The minimum absolute atomic E-state index is 0.0558. The zero-order valence-electron chi connectivity index (χ0n) is 17.6. The molecule has 6 heteroatoms. The number of hydrogen-bond acceptors (Lipinski definition) is 5. The molecule has 1 aromatic rings. The first-order valence-electron chi connectivity index (χ1n) is 10.1. The van der Waals surface area contributed by atoms with Gasteiger partial charge >= 0.3 is 0 Å². The van der Waals surface area contributed by atoms with Crippen LogP contribution >= 0.6 is 0 Å². The van der Waals surface area contributed by atoms with E-state index in [-0.39, 0.29) is 5.56 Å². The smallest absolute Gasteiger partial charge is 0.255 e. The summed E-state index contributed by atoms with van der Waals surface area (Å²) in [5.41, 5.74) is 1.78. The van der Waals surface area contributed by atoms with Gasteiger partial charge in [-0.2, -0.15) is 0 Å². The minimum Gasteiger partial charge on any atom is -0.376 e. The number of anilines is 1. The maximum atomic E-state index is 12.4. The highest BCUT2D eigenvalue weighted by molar-refractivity contribution is 5.78. The SMILES string of the molecule is C=C(C1CCCN(c2nc(/C=C/C=N/C=C\C)cc(=O)n2C)C1)N(CC)CC. The van der Waals surface area contributed by atoms with E-state index in [2.05, 4.69) is 35.2 Å². The molecule has 0 bridgehead atoms. The highest BCUT2D eigenvalue weighted by Gasteiger charge is 2.26. The second-order valence-electron chi connectivity index (χ2n) is 6.97. The molecule has 1 aliphatic heterocycles. The molecule has 28 heavy (non-hydrogen) atoms. The summed E-state index contributed by atoms with van der Waals surface area (Å²) >= 11 is 0. The molecule has 1 aliphatic rings. The lowest BCUT2D eigenvalue weighted by atomic mass is 9.94. The molecule has 1 fully saturated rings. The van der Waals surface area contributed by atoms with Crippen LogP contribution in [0.3, 0.4) is 0 Å². The molecule has 0 saturated carbocycles. The van der Waals surface area contributed by atoms with Gasteiger partial charge in [-0.1, -0.05) is 12.7 Å². The number of piperidine rings is 1. The van der Waals surface area contributed by atoms with Crippen LogP contribution in [0.25, 0.3) is 6.08 Å². The summed E-state index contributed by atoms with van der Waals surface area (Å²) in [4.78, 5) is 25.8. The van der Waals surface area contributed by atoms with Crippen LogP contribution in [-0.2, 0) is 7.05 Å². The largest absolute Gasteiger partial charge is 0.376 e. The van der Waals surface area contributed by atoms with Crippen LogP contribution in [0.15, 0.2) is 46.5 Å². The van der Waals surface area contributed by atoms with Crippen LogP contribution in [0.2, 0.25) is 0 Å². The fourth-order valence-corrected chi connectivity index (χ4v) is 3.56. The van der Waals surface area contributed by atoms with Crippen LogP contribution in [0.4, 0.5) is 5.95 Å². The average Bonchev–Trinajstić information content (AvgIpc) is 2.71. The predicted molar refractivity (Wildman–Crippen MR) is 119 cm³/mol. The van der Waals surface area contributed by atoms with Crippen molar-refractivity contribution in [3.05, 3.63) is 52.7 Å². The van der Waals surface area contributed by atoms with Crippen molar-refractivity contribution in [2.45, 2.75) is 33.6 Å². The normalized spacial score (nSPS) is 17.9. The molecule has 1 aromatic heterocycles. The Balaban J connectivity index is 2.23. The maximum absolute atomic E-state index is 12.4. The number of rotatable bonds is 8. The van der Waals surface area contributed by atoms with E-state index in [1.807, 2.05) is 19.1 Å². The number of aliphatic imine (C=N–C) groups is 1. The summed E-state index contributed by atoms with van der Waals surface area (Å²) in [7, 11) is 1.79. The summed E-state index contributed by atoms with van der Waals surface area (Å²) in [5.74, 6) is 1.10. The van der Waals surface area contributed by atoms with Crippen molar-refractivity contribution in [2.75, 3.05) is 31.1 Å². The molecule has 152 valence electrons. The molecule has 0 amide bonds. The quantitative estimate of drug-likeness (QED) is 0.645. The molecule has 0 spiro atoms. The van der Waals surface area contributed by atoms with E-state index >= 15 is 0 Å². The lowest BCUT2D eigenvalue weighted by molar-refractivity contribution is 0.307. The van der Waals surface area contributed by atoms with E-state index in [0.29, 0.717) is 11.6 Å². The van der Waals surface area contributed by atoms with Crippen LogP contribution in [0, 0.1) is 5.92 Å². The van der Waals surface area contributed by atoms with Gasteiger partial charge in [0, 0.05) is 63.3 Å². The van der Waals surface area contributed by atoms with Crippen molar-refractivity contribution in [2.24, 2.45) is 18.0 Å². The van der Waals surface area contributed by atoms with Crippen LogP contribution < -0.4 is 10.5 Å². The van der Waals surface area contributed by atoms with E-state index in [0.717, 1.165) is 45.0 Å². The lowest BCUT2D eigenvalue weighted by Gasteiger charge is -2.38. The Kier molecular flexibility index (Phi) is 8.23. The average molecular weight is 384 g/mol. The zero-order valence-corrected chi connectivity index (χ0v) is 17.6. The van der Waals surface area contributed by atoms with Gasteiger partial charge in [0.2, 0.25) is 5.95 Å². The van der Waals surface area contributed by atoms with Gasteiger partial charge in [0.25, 0.3) is 5.56 Å². The number of hydrogen-bond donors (Lipinski definition) is 0. The molecular weight excluding hydrogens is 350 g/mol. The first kappa shape index (κ1) is 21.7. The van der Waals surface area contributed by atoms with Gasteiger partial charge in [0.1, 0.15) is 0 Å². The number of aromatic nitrogens is 2. The van der Waals surface area contributed by atoms with Gasteiger partial charge < -0.3 is 9.80 Å². The maximum Gasteiger partial charge on any atom is 0.255 e. The minimum atomic E-state index is -0.0558. The molecule has 0 aromatic carbocycles. The van der Waals surface area contributed by atoms with E-state index in [1.54, 1.807) is 36.2 Å². The van der Waals surface area contributed by atoms with Crippen molar-refractivity contribution >= 4 is 18.2 Å². The van der Waals surface area contributed by atoms with Crippen LogP contribution in [0.1, 0.15) is 39.3 Å². The van der Waals surface area contributed by atoms with Crippen molar-refractivity contribution in [3.8, 4) is 0 Å².